The van der Waals surface area contributed by atoms with Crippen molar-refractivity contribution in [1.29, 1.82) is 0 Å². The summed E-state index contributed by atoms with van der Waals surface area (Å²) in [5.74, 6) is -0.396. The molecule has 0 spiro atoms. The average molecular weight is 382 g/mol. The van der Waals surface area contributed by atoms with Crippen molar-refractivity contribution in [3.05, 3.63) is 83.1 Å². The van der Waals surface area contributed by atoms with Gasteiger partial charge in [0.05, 0.1) is 10.7 Å². The molecule has 0 aliphatic carbocycles. The smallest absolute Gasteiger partial charge is 0.359 e. The highest BCUT2D eigenvalue weighted by molar-refractivity contribution is 6.32. The molecule has 1 saturated heterocycles. The van der Waals surface area contributed by atoms with Gasteiger partial charge in [0.15, 0.2) is 5.69 Å². The zero-order valence-corrected chi connectivity index (χ0v) is 15.5. The van der Waals surface area contributed by atoms with Crippen LogP contribution < -0.4 is 0 Å². The topological polar surface area (TPSA) is 47.4 Å². The molecule has 6 heteroatoms. The second-order valence-corrected chi connectivity index (χ2v) is 7.04. The van der Waals surface area contributed by atoms with E-state index in [4.69, 9.17) is 16.3 Å². The number of halogens is 1. The third-order valence-corrected chi connectivity index (χ3v) is 4.97. The van der Waals surface area contributed by atoms with E-state index in [-0.39, 0.29) is 11.8 Å². The summed E-state index contributed by atoms with van der Waals surface area (Å²) in [5, 5.41) is 4.89. The van der Waals surface area contributed by atoms with E-state index in [2.05, 4.69) is 22.1 Å². The van der Waals surface area contributed by atoms with Crippen molar-refractivity contribution in [1.82, 2.24) is 14.7 Å². The number of likely N-dealkylation sites (tertiary alicyclic amines) is 1. The molecule has 0 saturated carbocycles. The van der Waals surface area contributed by atoms with Crippen molar-refractivity contribution in [2.75, 3.05) is 13.1 Å². The Kier molecular flexibility index (Phi) is 5.23. The number of ether oxygens (including phenoxy) is 1. The van der Waals surface area contributed by atoms with E-state index in [1.54, 1.807) is 23.0 Å². The summed E-state index contributed by atoms with van der Waals surface area (Å²) in [7, 11) is 0. The fraction of sp³-hybridized carbons (Fsp3) is 0.238. The van der Waals surface area contributed by atoms with Gasteiger partial charge in [0, 0.05) is 25.8 Å². The molecule has 138 valence electrons. The molecule has 0 radical (unpaired) electrons. The van der Waals surface area contributed by atoms with Crippen LogP contribution in [0.4, 0.5) is 0 Å². The summed E-state index contributed by atoms with van der Waals surface area (Å²) in [6.45, 7) is 2.53. The number of para-hydroxylation sites is 1. The highest BCUT2D eigenvalue weighted by atomic mass is 35.5. The number of rotatable bonds is 5. The van der Waals surface area contributed by atoms with Crippen molar-refractivity contribution < 1.29 is 9.53 Å². The van der Waals surface area contributed by atoms with Gasteiger partial charge in [-0.1, -0.05) is 54.1 Å². The maximum absolute atomic E-state index is 12.4. The Morgan fingerprint density at radius 3 is 2.70 bits per heavy atom. The SMILES string of the molecule is O=C(O[C@@H]1CCN(Cc2ccccc2)C1)c1ccn(-c2ccccc2Cl)n1. The molecule has 27 heavy (non-hydrogen) atoms. The minimum Gasteiger partial charge on any atom is -0.456 e. The van der Waals surface area contributed by atoms with E-state index in [9.17, 15) is 4.79 Å². The monoisotopic (exact) mass is 381 g/mol. The van der Waals surface area contributed by atoms with Crippen LogP contribution in [0.2, 0.25) is 5.02 Å². The van der Waals surface area contributed by atoms with Gasteiger partial charge >= 0.3 is 5.97 Å². The Hall–Kier alpha value is -2.63. The van der Waals surface area contributed by atoms with Gasteiger partial charge in [-0.15, -0.1) is 0 Å². The van der Waals surface area contributed by atoms with Gasteiger partial charge in [-0.05, 0) is 30.2 Å². The van der Waals surface area contributed by atoms with E-state index in [1.165, 1.54) is 5.56 Å². The van der Waals surface area contributed by atoms with E-state index in [0.29, 0.717) is 5.02 Å². The van der Waals surface area contributed by atoms with E-state index >= 15 is 0 Å². The number of hydrogen-bond donors (Lipinski definition) is 0. The van der Waals surface area contributed by atoms with Gasteiger partial charge in [0.2, 0.25) is 0 Å². The molecular formula is C21H20ClN3O2. The molecule has 1 aromatic heterocycles. The number of hydrogen-bond acceptors (Lipinski definition) is 4. The Balaban J connectivity index is 1.35. The fourth-order valence-electron chi connectivity index (χ4n) is 3.29. The highest BCUT2D eigenvalue weighted by Crippen LogP contribution is 2.20. The van der Waals surface area contributed by atoms with Crippen LogP contribution in [-0.2, 0) is 11.3 Å². The van der Waals surface area contributed by atoms with E-state index in [1.807, 2.05) is 36.4 Å². The normalized spacial score (nSPS) is 17.1. The Labute approximate surface area is 163 Å². The van der Waals surface area contributed by atoms with E-state index < -0.39 is 5.97 Å². The van der Waals surface area contributed by atoms with Crippen LogP contribution in [0.15, 0.2) is 66.9 Å². The lowest BCUT2D eigenvalue weighted by molar-refractivity contribution is 0.0313. The van der Waals surface area contributed by atoms with Crippen LogP contribution in [0, 0.1) is 0 Å². The highest BCUT2D eigenvalue weighted by Gasteiger charge is 2.26. The van der Waals surface area contributed by atoms with Crippen LogP contribution in [0.25, 0.3) is 5.69 Å². The lowest BCUT2D eigenvalue weighted by Crippen LogP contribution is -2.25. The second-order valence-electron chi connectivity index (χ2n) is 6.63. The number of aromatic nitrogens is 2. The predicted molar refractivity (Wildman–Crippen MR) is 104 cm³/mol. The van der Waals surface area contributed by atoms with Crippen molar-refractivity contribution >= 4 is 17.6 Å². The maximum Gasteiger partial charge on any atom is 0.359 e. The summed E-state index contributed by atoms with van der Waals surface area (Å²) in [6.07, 6.45) is 2.45. The standard InChI is InChI=1S/C21H20ClN3O2/c22-18-8-4-5-9-20(18)25-13-11-19(23-25)21(26)27-17-10-12-24(15-17)14-16-6-2-1-3-7-16/h1-9,11,13,17H,10,12,14-15H2/t17-/m1/s1. The molecule has 2 aromatic carbocycles. The van der Waals surface area contributed by atoms with Crippen molar-refractivity contribution in [3.8, 4) is 5.69 Å². The maximum atomic E-state index is 12.4. The molecule has 0 N–H and O–H groups in total. The van der Waals surface area contributed by atoms with E-state index in [0.717, 1.165) is 31.7 Å². The molecular weight excluding hydrogens is 362 g/mol. The number of nitrogens with zero attached hydrogens (tertiary/aromatic N) is 3. The number of esters is 1. The average Bonchev–Trinajstić information content (AvgIpc) is 3.33. The quantitative estimate of drug-likeness (QED) is 0.628. The largest absolute Gasteiger partial charge is 0.456 e. The molecule has 0 bridgehead atoms. The predicted octanol–water partition coefficient (Wildman–Crippen LogP) is 3.96. The van der Waals surface area contributed by atoms with Crippen molar-refractivity contribution in [2.45, 2.75) is 19.1 Å². The zero-order valence-electron chi connectivity index (χ0n) is 14.8. The van der Waals surface area contributed by atoms with Crippen LogP contribution in [-0.4, -0.2) is 39.8 Å². The lowest BCUT2D eigenvalue weighted by Gasteiger charge is -2.16. The zero-order chi connectivity index (χ0) is 18.6. The molecule has 2 heterocycles. The molecule has 0 unspecified atom stereocenters. The summed E-state index contributed by atoms with van der Waals surface area (Å²) in [4.78, 5) is 14.7. The number of benzene rings is 2. The first kappa shape index (κ1) is 17.8. The lowest BCUT2D eigenvalue weighted by atomic mass is 10.2. The molecule has 1 aliphatic heterocycles. The van der Waals surface area contributed by atoms with Crippen molar-refractivity contribution in [3.63, 3.8) is 0 Å². The van der Waals surface area contributed by atoms with Gasteiger partial charge in [-0.25, -0.2) is 9.48 Å². The minimum absolute atomic E-state index is 0.105. The first-order valence-corrected chi connectivity index (χ1v) is 9.35. The minimum atomic E-state index is -0.396. The third kappa shape index (κ3) is 4.21. The van der Waals surface area contributed by atoms with Crippen molar-refractivity contribution in [2.24, 2.45) is 0 Å². The summed E-state index contributed by atoms with van der Waals surface area (Å²) >= 11 is 6.19. The van der Waals surface area contributed by atoms with Gasteiger partial charge in [-0.3, -0.25) is 4.90 Å². The third-order valence-electron chi connectivity index (χ3n) is 4.65. The Morgan fingerprint density at radius 2 is 1.89 bits per heavy atom. The summed E-state index contributed by atoms with van der Waals surface area (Å²) in [5.41, 5.74) is 2.28. The molecule has 4 rings (SSSR count). The first-order valence-electron chi connectivity index (χ1n) is 8.97. The van der Waals surface area contributed by atoms with Crippen LogP contribution in [0.1, 0.15) is 22.5 Å². The van der Waals surface area contributed by atoms with Gasteiger partial charge < -0.3 is 4.74 Å². The molecule has 1 atom stereocenters. The molecule has 3 aromatic rings. The van der Waals surface area contributed by atoms with Crippen LogP contribution in [0.5, 0.6) is 0 Å². The summed E-state index contributed by atoms with van der Waals surface area (Å²) in [6, 6.07) is 19.3. The van der Waals surface area contributed by atoms with Gasteiger partial charge in [-0.2, -0.15) is 5.10 Å². The Bertz CT molecular complexity index is 926. The number of carbonyl (C=O) groups excluding carboxylic acids is 1. The first-order chi connectivity index (χ1) is 13.2. The van der Waals surface area contributed by atoms with Crippen LogP contribution in [0.3, 0.4) is 0 Å². The fourth-order valence-corrected chi connectivity index (χ4v) is 3.52. The molecule has 5 nitrogen and oxygen atoms in total. The second kappa shape index (κ2) is 7.94. The summed E-state index contributed by atoms with van der Waals surface area (Å²) < 4.78 is 7.25. The number of carbonyl (C=O) groups is 1. The van der Waals surface area contributed by atoms with Gasteiger partial charge in [0.1, 0.15) is 6.10 Å². The van der Waals surface area contributed by atoms with Crippen LogP contribution >= 0.6 is 11.6 Å². The molecule has 0 amide bonds. The molecule has 1 aliphatic rings. The molecule has 1 fully saturated rings. The Morgan fingerprint density at radius 1 is 1.11 bits per heavy atom. The van der Waals surface area contributed by atoms with Gasteiger partial charge in [0.25, 0.3) is 0 Å².